The third kappa shape index (κ3) is 24.3. The number of amides is 1. The van der Waals surface area contributed by atoms with Gasteiger partial charge in [-0.2, -0.15) is 0 Å². The smallest absolute Gasteiger partial charge is 0.347 e. The SMILES string of the molecule is C.C.C.C.C.C.CC(OC(=O)CCNC(=O)C(N)CCCCN)C(=O)OCCCO. The maximum Gasteiger partial charge on any atom is 0.347 e. The largest absolute Gasteiger partial charge is 0.463 e. The molecule has 0 aliphatic carbocycles. The number of rotatable bonds is 13. The van der Waals surface area contributed by atoms with Crippen LogP contribution in [0.4, 0.5) is 0 Å². The van der Waals surface area contributed by atoms with Crippen molar-refractivity contribution in [1.29, 1.82) is 0 Å². The second kappa shape index (κ2) is 29.5. The maximum absolute atomic E-state index is 11.7. The summed E-state index contributed by atoms with van der Waals surface area (Å²) in [5.74, 6) is -1.64. The third-order valence-electron chi connectivity index (χ3n) is 3.12. The predicted octanol–water partition coefficient (Wildman–Crippen LogP) is 2.62. The Balaban J connectivity index is -0.000000176. The summed E-state index contributed by atoms with van der Waals surface area (Å²) >= 11 is 0. The molecule has 0 aromatic rings. The van der Waals surface area contributed by atoms with Crippen molar-refractivity contribution in [3.63, 3.8) is 0 Å². The molecule has 0 bridgehead atoms. The number of unbranched alkanes of at least 4 members (excludes halogenated alkanes) is 1. The molecule has 0 aliphatic heterocycles. The Morgan fingerprint density at radius 1 is 1.00 bits per heavy atom. The van der Waals surface area contributed by atoms with Crippen LogP contribution in [0.25, 0.3) is 0 Å². The molecule has 0 heterocycles. The van der Waals surface area contributed by atoms with Crippen LogP contribution in [-0.4, -0.2) is 61.4 Å². The van der Waals surface area contributed by atoms with Crippen LogP contribution in [-0.2, 0) is 23.9 Å². The normalized spacial score (nSPS) is 10.4. The second-order valence-corrected chi connectivity index (χ2v) is 5.31. The molecule has 0 aromatic carbocycles. The van der Waals surface area contributed by atoms with E-state index in [0.717, 1.165) is 12.8 Å². The van der Waals surface area contributed by atoms with Gasteiger partial charge in [0.05, 0.1) is 19.1 Å². The summed E-state index contributed by atoms with van der Waals surface area (Å²) in [5.41, 5.74) is 11.1. The summed E-state index contributed by atoms with van der Waals surface area (Å²) in [6.45, 7) is 2.01. The van der Waals surface area contributed by atoms with Crippen LogP contribution in [0.3, 0.4) is 0 Å². The van der Waals surface area contributed by atoms with Gasteiger partial charge in [0.25, 0.3) is 0 Å². The van der Waals surface area contributed by atoms with Gasteiger partial charge in [-0.3, -0.25) is 9.59 Å². The lowest BCUT2D eigenvalue weighted by Crippen LogP contribution is -2.41. The first-order valence-electron chi connectivity index (χ1n) is 8.12. The summed E-state index contributed by atoms with van der Waals surface area (Å²) in [6.07, 6.45) is 1.32. The minimum absolute atomic E-state index is 0. The molecule has 188 valence electrons. The van der Waals surface area contributed by atoms with Gasteiger partial charge in [-0.15, -0.1) is 0 Å². The molecule has 9 heteroatoms. The highest BCUT2D eigenvalue weighted by Crippen LogP contribution is 2.00. The Morgan fingerprint density at radius 3 is 2.07 bits per heavy atom. The molecule has 6 N–H and O–H groups in total. The standard InChI is InChI=1S/C15H29N3O6.6CH4/c1-11(15(22)23-10-4-9-19)24-13(20)6-8-18-14(21)12(17)5-2-3-7-16;;;;;;/h11-12,19H,2-10,16-17H2,1H3,(H,18,21);6*1H4. The van der Waals surface area contributed by atoms with E-state index in [4.69, 9.17) is 26.0 Å². The Hall–Kier alpha value is -1.71. The molecule has 30 heavy (non-hydrogen) atoms. The van der Waals surface area contributed by atoms with Gasteiger partial charge in [-0.25, -0.2) is 4.79 Å². The van der Waals surface area contributed by atoms with Gasteiger partial charge in [0.15, 0.2) is 6.10 Å². The van der Waals surface area contributed by atoms with Crippen LogP contribution in [0.5, 0.6) is 0 Å². The average molecular weight is 444 g/mol. The zero-order valence-corrected chi connectivity index (χ0v) is 14.2. The molecule has 0 saturated heterocycles. The highest BCUT2D eigenvalue weighted by molar-refractivity contribution is 5.82. The molecule has 0 radical (unpaired) electrons. The number of hydrogen-bond donors (Lipinski definition) is 4. The van der Waals surface area contributed by atoms with E-state index >= 15 is 0 Å². The number of aliphatic hydroxyl groups excluding tert-OH is 1. The molecule has 0 aliphatic rings. The minimum atomic E-state index is -1.04. The first kappa shape index (κ1) is 46.5. The molecule has 0 aromatic heterocycles. The Labute approximate surface area is 186 Å². The third-order valence-corrected chi connectivity index (χ3v) is 3.12. The maximum atomic E-state index is 11.7. The van der Waals surface area contributed by atoms with Crippen LogP contribution >= 0.6 is 0 Å². The lowest BCUT2D eigenvalue weighted by molar-refractivity contribution is -0.166. The van der Waals surface area contributed by atoms with E-state index in [-0.39, 0.29) is 76.6 Å². The van der Waals surface area contributed by atoms with Crippen LogP contribution in [0.1, 0.15) is 83.6 Å². The van der Waals surface area contributed by atoms with Crippen LogP contribution in [0.2, 0.25) is 0 Å². The van der Waals surface area contributed by atoms with Gasteiger partial charge < -0.3 is 31.4 Å². The molecule has 0 rings (SSSR count). The van der Waals surface area contributed by atoms with Crippen molar-refractivity contribution in [2.45, 2.75) is 95.7 Å². The number of ether oxygens (including phenoxy) is 2. The summed E-state index contributed by atoms with van der Waals surface area (Å²) in [4.78, 5) is 34.7. The number of nitrogens with one attached hydrogen (secondary N) is 1. The van der Waals surface area contributed by atoms with E-state index in [9.17, 15) is 14.4 Å². The predicted molar refractivity (Wildman–Crippen MR) is 127 cm³/mol. The number of aliphatic hydroxyl groups is 1. The average Bonchev–Trinajstić information content (AvgIpc) is 2.54. The number of hydrogen-bond acceptors (Lipinski definition) is 8. The van der Waals surface area contributed by atoms with E-state index in [1.807, 2.05) is 0 Å². The number of esters is 2. The Kier molecular flexibility index (Phi) is 45.7. The molecule has 9 nitrogen and oxygen atoms in total. The first-order valence-corrected chi connectivity index (χ1v) is 8.12. The fourth-order valence-electron chi connectivity index (χ4n) is 1.72. The minimum Gasteiger partial charge on any atom is -0.463 e. The highest BCUT2D eigenvalue weighted by atomic mass is 16.6. The lowest BCUT2D eigenvalue weighted by Gasteiger charge is -2.14. The molecular weight excluding hydrogens is 390 g/mol. The van der Waals surface area contributed by atoms with Crippen molar-refractivity contribution in [2.75, 3.05) is 26.3 Å². The van der Waals surface area contributed by atoms with E-state index in [2.05, 4.69) is 5.32 Å². The molecule has 0 spiro atoms. The fourth-order valence-corrected chi connectivity index (χ4v) is 1.72. The topological polar surface area (TPSA) is 154 Å². The van der Waals surface area contributed by atoms with Crippen LogP contribution in [0.15, 0.2) is 0 Å². The quantitative estimate of drug-likeness (QED) is 0.250. The molecule has 2 unspecified atom stereocenters. The number of carbonyl (C=O) groups is 3. The van der Waals surface area contributed by atoms with Crippen LogP contribution in [0, 0.1) is 0 Å². The summed E-state index contributed by atoms with van der Waals surface area (Å²) < 4.78 is 9.69. The van der Waals surface area contributed by atoms with E-state index in [1.165, 1.54) is 6.92 Å². The zero-order chi connectivity index (χ0) is 18.4. The molecule has 0 saturated carbocycles. The molecule has 0 fully saturated rings. The number of carbonyl (C=O) groups excluding carboxylic acids is 3. The van der Waals surface area contributed by atoms with Crippen molar-refractivity contribution < 1.29 is 29.0 Å². The van der Waals surface area contributed by atoms with Gasteiger partial charge in [-0.1, -0.05) is 51.0 Å². The van der Waals surface area contributed by atoms with Crippen molar-refractivity contribution >= 4 is 17.8 Å². The summed E-state index contributed by atoms with van der Waals surface area (Å²) in [7, 11) is 0. The van der Waals surface area contributed by atoms with E-state index < -0.39 is 24.1 Å². The van der Waals surface area contributed by atoms with Crippen molar-refractivity contribution in [3.8, 4) is 0 Å². The molecular formula is C21H53N3O6. The zero-order valence-electron chi connectivity index (χ0n) is 14.2. The second-order valence-electron chi connectivity index (χ2n) is 5.31. The van der Waals surface area contributed by atoms with E-state index in [0.29, 0.717) is 19.4 Å². The van der Waals surface area contributed by atoms with Crippen molar-refractivity contribution in [2.24, 2.45) is 11.5 Å². The Morgan fingerprint density at radius 2 is 1.57 bits per heavy atom. The van der Waals surface area contributed by atoms with Gasteiger partial charge >= 0.3 is 11.9 Å². The summed E-state index contributed by atoms with van der Waals surface area (Å²) in [5, 5.41) is 11.1. The van der Waals surface area contributed by atoms with Crippen molar-refractivity contribution in [1.82, 2.24) is 5.32 Å². The summed E-state index contributed by atoms with van der Waals surface area (Å²) in [6, 6.07) is -0.631. The number of nitrogens with two attached hydrogens (primary N) is 2. The van der Waals surface area contributed by atoms with Gasteiger partial charge in [0.1, 0.15) is 0 Å². The van der Waals surface area contributed by atoms with Crippen LogP contribution < -0.4 is 16.8 Å². The first-order chi connectivity index (χ1) is 11.4. The fraction of sp³-hybridized carbons (Fsp3) is 0.857. The van der Waals surface area contributed by atoms with Gasteiger partial charge in [-0.05, 0) is 26.3 Å². The molecule has 2 atom stereocenters. The van der Waals surface area contributed by atoms with Crippen molar-refractivity contribution in [3.05, 3.63) is 0 Å². The van der Waals surface area contributed by atoms with Gasteiger partial charge in [0.2, 0.25) is 5.91 Å². The lowest BCUT2D eigenvalue weighted by atomic mass is 10.1. The van der Waals surface area contributed by atoms with E-state index in [1.54, 1.807) is 0 Å². The monoisotopic (exact) mass is 443 g/mol. The Bertz CT molecular complexity index is 395. The molecule has 1 amide bonds. The van der Waals surface area contributed by atoms with Gasteiger partial charge in [0, 0.05) is 19.6 Å². The highest BCUT2D eigenvalue weighted by Gasteiger charge is 2.19.